The maximum Gasteiger partial charge on any atom is 0.135 e. The fourth-order valence-corrected chi connectivity index (χ4v) is 14.1. The lowest BCUT2D eigenvalue weighted by atomic mass is 9.80. The van der Waals surface area contributed by atoms with Gasteiger partial charge in [0.15, 0.2) is 0 Å². The van der Waals surface area contributed by atoms with E-state index in [-0.39, 0.29) is 11.5 Å². The number of unbranched alkanes of at least 4 members (excludes halogenated alkanes) is 1. The molecule has 5 aliphatic rings. The fraction of sp³-hybridized carbons (Fsp3) is 0.353. The first-order valence-corrected chi connectivity index (χ1v) is 28.8. The predicted molar refractivity (Wildman–Crippen MR) is 316 cm³/mol. The third-order valence-corrected chi connectivity index (χ3v) is 18.0. The average Bonchev–Trinajstić information content (AvgIpc) is 3.67. The lowest BCUT2D eigenvalue weighted by molar-refractivity contribution is 0.399. The first-order valence-electron chi connectivity index (χ1n) is 28.8. The molecule has 4 aliphatic carbocycles. The highest BCUT2D eigenvalue weighted by atomic mass is 16.3. The summed E-state index contributed by atoms with van der Waals surface area (Å²) in [4.78, 5) is 0. The van der Waals surface area contributed by atoms with Crippen molar-refractivity contribution in [1.82, 2.24) is 19.0 Å². The van der Waals surface area contributed by atoms with Crippen LogP contribution in [0, 0.1) is 0 Å². The molecule has 0 amide bonds. The number of nitrogens with one attached hydrogen (secondary N) is 1. The van der Waals surface area contributed by atoms with Gasteiger partial charge >= 0.3 is 0 Å². The zero-order valence-electron chi connectivity index (χ0n) is 44.2. The van der Waals surface area contributed by atoms with Crippen LogP contribution >= 0.6 is 0 Å². The number of furan rings is 1. The molecule has 0 bridgehead atoms. The monoisotopic (exact) mass is 991 g/mol. The van der Waals surface area contributed by atoms with Crippen molar-refractivity contribution >= 4 is 68.0 Å². The van der Waals surface area contributed by atoms with Crippen molar-refractivity contribution in [2.24, 2.45) is 11.5 Å². The second-order valence-electron chi connectivity index (χ2n) is 22.6. The van der Waals surface area contributed by atoms with Crippen LogP contribution in [-0.4, -0.2) is 26.8 Å². The molecule has 75 heavy (non-hydrogen) atoms. The molecule has 4 atom stereocenters. The van der Waals surface area contributed by atoms with Crippen LogP contribution in [0.1, 0.15) is 174 Å². The van der Waals surface area contributed by atoms with E-state index in [2.05, 4.69) is 185 Å². The number of aromatic nitrogens is 3. The van der Waals surface area contributed by atoms with E-state index in [4.69, 9.17) is 15.9 Å². The van der Waals surface area contributed by atoms with Gasteiger partial charge < -0.3 is 34.9 Å². The van der Waals surface area contributed by atoms with Gasteiger partial charge in [0.05, 0.1) is 33.5 Å². The van der Waals surface area contributed by atoms with Gasteiger partial charge in [-0.2, -0.15) is 0 Å². The Labute approximate surface area is 443 Å². The molecule has 0 saturated carbocycles. The lowest BCUT2D eigenvalue weighted by Crippen LogP contribution is -2.37. The van der Waals surface area contributed by atoms with Crippen LogP contribution in [0.25, 0.3) is 85.0 Å². The topological polar surface area (TPSA) is 102 Å². The largest absolute Gasteiger partial charge is 0.456 e. The first kappa shape index (κ1) is 48.0. The molecule has 5 N–H and O–H groups in total. The van der Waals surface area contributed by atoms with E-state index in [0.717, 1.165) is 87.8 Å². The molecule has 1 saturated heterocycles. The van der Waals surface area contributed by atoms with Gasteiger partial charge in [0.2, 0.25) is 0 Å². The third kappa shape index (κ3) is 8.20. The van der Waals surface area contributed by atoms with Crippen LogP contribution in [0.2, 0.25) is 0 Å². The summed E-state index contributed by atoms with van der Waals surface area (Å²) in [7, 11) is 0. The van der Waals surface area contributed by atoms with Gasteiger partial charge in [-0.05, 0) is 185 Å². The van der Waals surface area contributed by atoms with E-state index in [0.29, 0.717) is 12.5 Å². The van der Waals surface area contributed by atoms with E-state index < -0.39 is 5.54 Å². The third-order valence-electron chi connectivity index (χ3n) is 18.0. The number of allylic oxidation sites excluding steroid dienone is 7. The molecule has 7 nitrogen and oxygen atoms in total. The van der Waals surface area contributed by atoms with Crippen LogP contribution in [0.15, 0.2) is 132 Å². The Kier molecular flexibility index (Phi) is 12.7. The lowest BCUT2D eigenvalue weighted by Gasteiger charge is -2.30. The summed E-state index contributed by atoms with van der Waals surface area (Å²) in [6.45, 7) is 6.24. The Bertz CT molecular complexity index is 3680. The first-order chi connectivity index (χ1) is 36.9. The van der Waals surface area contributed by atoms with Crippen molar-refractivity contribution in [1.29, 1.82) is 0 Å². The fourth-order valence-electron chi connectivity index (χ4n) is 14.1. The maximum absolute atomic E-state index is 7.62. The van der Waals surface area contributed by atoms with Crippen molar-refractivity contribution in [2.45, 2.75) is 139 Å². The summed E-state index contributed by atoms with van der Waals surface area (Å²) in [5, 5.41) is 8.86. The van der Waals surface area contributed by atoms with Crippen molar-refractivity contribution in [3.05, 3.63) is 173 Å². The quantitative estimate of drug-likeness (QED) is 0.132. The SMILES string of the molecule is CCCCC1(N)C/C=C\C=C/c2c1c1ccccc1n2-c1ccc2c(c1)c1c(n2-c2ccc3c(c2)c2c(n3-c3ccc4oc5c(c4c3)C3(CC/C=C/C=C\5)CN3)/C=C\CCCCC2CC)/C=C\CCCCCC1CN. The maximum atomic E-state index is 7.62. The molecule has 4 unspecified atom stereocenters. The summed E-state index contributed by atoms with van der Waals surface area (Å²) >= 11 is 0. The average molecular weight is 991 g/mol. The molecule has 8 aromatic rings. The van der Waals surface area contributed by atoms with Gasteiger partial charge in [-0.15, -0.1) is 0 Å². The number of rotatable bonds is 8. The summed E-state index contributed by atoms with van der Waals surface area (Å²) in [6.07, 6.45) is 45.0. The van der Waals surface area contributed by atoms with E-state index in [1.54, 1.807) is 0 Å². The normalized spacial score (nSPS) is 25.3. The number of hydrogen-bond acceptors (Lipinski definition) is 4. The van der Waals surface area contributed by atoms with Crippen LogP contribution in [0.3, 0.4) is 0 Å². The highest BCUT2D eigenvalue weighted by Crippen LogP contribution is 2.48. The molecule has 7 heteroatoms. The Morgan fingerprint density at radius 1 is 0.600 bits per heavy atom. The van der Waals surface area contributed by atoms with E-state index in [9.17, 15) is 0 Å². The van der Waals surface area contributed by atoms with Gasteiger partial charge in [-0.3, -0.25) is 0 Å². The summed E-state index contributed by atoms with van der Waals surface area (Å²) < 4.78 is 14.4. The van der Waals surface area contributed by atoms with Gasteiger partial charge in [0.25, 0.3) is 0 Å². The van der Waals surface area contributed by atoms with Gasteiger partial charge in [0.1, 0.15) is 11.3 Å². The molecule has 0 radical (unpaired) electrons. The number of benzene rings is 4. The minimum atomic E-state index is -0.483. The van der Waals surface area contributed by atoms with Crippen molar-refractivity contribution < 1.29 is 4.42 Å². The van der Waals surface area contributed by atoms with E-state index >= 15 is 0 Å². The Morgan fingerprint density at radius 2 is 1.23 bits per heavy atom. The van der Waals surface area contributed by atoms with Crippen LogP contribution < -0.4 is 16.8 Å². The van der Waals surface area contributed by atoms with E-state index in [1.165, 1.54) is 127 Å². The van der Waals surface area contributed by atoms with Crippen LogP contribution in [0.5, 0.6) is 0 Å². The summed E-state index contributed by atoms with van der Waals surface area (Å²) in [5.41, 5.74) is 31.3. The molecule has 1 spiro atoms. The Morgan fingerprint density at radius 3 is 1.95 bits per heavy atom. The summed E-state index contributed by atoms with van der Waals surface area (Å²) in [5.74, 6) is 1.60. The Hall–Kier alpha value is -6.64. The Balaban J connectivity index is 1.05. The van der Waals surface area contributed by atoms with Crippen molar-refractivity contribution in [3.8, 4) is 17.1 Å². The molecule has 382 valence electrons. The number of fused-ring (bicyclic) bond motifs is 13. The molecule has 4 aromatic heterocycles. The molecule has 4 aromatic carbocycles. The molecular weight excluding hydrogens is 917 g/mol. The minimum absolute atomic E-state index is 0.0637. The number of nitrogens with two attached hydrogens (primary N) is 2. The van der Waals surface area contributed by atoms with Gasteiger partial charge in [-0.1, -0.05) is 113 Å². The van der Waals surface area contributed by atoms with Crippen molar-refractivity contribution in [3.63, 3.8) is 0 Å². The number of nitrogens with zero attached hydrogens (tertiary/aromatic N) is 3. The highest BCUT2D eigenvalue weighted by Gasteiger charge is 2.47. The molecule has 1 fully saturated rings. The molecule has 13 rings (SSSR count). The standard InChI is InChI=1S/C68H74N6O/c1-3-5-38-67(70)39-22-13-18-30-60-65(67)51-26-20-21-27-55(51)74(60)49-33-36-57-53(42-49)64-47(44-69)25-15-7-6-8-16-29-59(64)72(57)48-32-35-56-52(41-48)63-46(4-2)24-14-9-10-17-28-58(63)73(56)50-34-37-61-54(43-50)66-62(75-61)31-19-11-12-23-40-68(66)45-71-68/h11-13,16-22,26-37,41-43,46-47,71H,3-10,14-15,23-25,38-40,44-45,69-70H2,1-2H3/b12-11+,22-13-,28-17-,29-16-,30-18-,31-19-. The zero-order chi connectivity index (χ0) is 50.7. The predicted octanol–water partition coefficient (Wildman–Crippen LogP) is 16.8. The minimum Gasteiger partial charge on any atom is -0.456 e. The van der Waals surface area contributed by atoms with Crippen LogP contribution in [0.4, 0.5) is 0 Å². The number of para-hydroxylation sites is 1. The molecule has 5 heterocycles. The smallest absolute Gasteiger partial charge is 0.135 e. The highest BCUT2D eigenvalue weighted by molar-refractivity contribution is 5.98. The van der Waals surface area contributed by atoms with Crippen molar-refractivity contribution in [2.75, 3.05) is 13.1 Å². The van der Waals surface area contributed by atoms with E-state index in [1.807, 2.05) is 0 Å². The number of hydrogen-bond donors (Lipinski definition) is 3. The second kappa shape index (κ2) is 19.8. The molecule has 1 aliphatic heterocycles. The molecular formula is C68H74N6O. The van der Waals surface area contributed by atoms with Gasteiger partial charge in [-0.25, -0.2) is 0 Å². The summed E-state index contributed by atoms with van der Waals surface area (Å²) in [6, 6.07) is 30.5. The van der Waals surface area contributed by atoms with Crippen LogP contribution in [-0.2, 0) is 11.1 Å². The zero-order valence-corrected chi connectivity index (χ0v) is 44.2. The van der Waals surface area contributed by atoms with Gasteiger partial charge in [0, 0.05) is 67.5 Å². The second-order valence-corrected chi connectivity index (χ2v) is 22.6.